The molecule has 0 aliphatic rings. The molecule has 0 amide bonds. The molecule has 0 radical (unpaired) electrons. The minimum atomic E-state index is -0.450. The fourth-order valence-electron chi connectivity index (χ4n) is 1.63. The number of hydrogen-bond acceptors (Lipinski definition) is 2. The van der Waals surface area contributed by atoms with Gasteiger partial charge in [0, 0.05) is 11.5 Å². The van der Waals surface area contributed by atoms with Crippen LogP contribution in [0.2, 0.25) is 0 Å². The zero-order valence-corrected chi connectivity index (χ0v) is 14.4. The van der Waals surface area contributed by atoms with E-state index in [2.05, 4.69) is 13.0 Å². The van der Waals surface area contributed by atoms with Crippen molar-refractivity contribution in [2.75, 3.05) is 7.11 Å². The first-order valence-electron chi connectivity index (χ1n) is 5.37. The first-order valence-corrected chi connectivity index (χ1v) is 5.37. The molecular formula is C14H20O2W. The third kappa shape index (κ3) is 4.03. The van der Waals surface area contributed by atoms with Gasteiger partial charge in [-0.3, -0.25) is 0 Å². The summed E-state index contributed by atoms with van der Waals surface area (Å²) in [6.45, 7) is 13.8. The van der Waals surface area contributed by atoms with E-state index < -0.39 is 5.60 Å². The third-order valence-corrected chi connectivity index (χ3v) is 2.47. The van der Waals surface area contributed by atoms with Gasteiger partial charge in [-0.2, -0.15) is 0 Å². The van der Waals surface area contributed by atoms with E-state index in [0.717, 1.165) is 28.2 Å². The van der Waals surface area contributed by atoms with Gasteiger partial charge in [-0.1, -0.05) is 34.6 Å². The Morgan fingerprint density at radius 3 is 2.06 bits per heavy atom. The number of ether oxygens (including phenoxy) is 2. The van der Waals surface area contributed by atoms with Gasteiger partial charge in [-0.05, 0) is 5.60 Å². The molecule has 0 aromatic heterocycles. The van der Waals surface area contributed by atoms with Crippen LogP contribution in [0.4, 0.5) is 0 Å². The summed E-state index contributed by atoms with van der Waals surface area (Å²) in [7, 11) is 1.68. The van der Waals surface area contributed by atoms with E-state index in [-0.39, 0.29) is 21.1 Å². The van der Waals surface area contributed by atoms with Crippen molar-refractivity contribution in [2.45, 2.75) is 40.2 Å². The van der Waals surface area contributed by atoms with Crippen LogP contribution in [0.5, 0.6) is 11.5 Å². The molecule has 0 unspecified atom stereocenters. The summed E-state index contributed by atoms with van der Waals surface area (Å²) < 4.78 is 11.1. The molecule has 0 aliphatic carbocycles. The average molecular weight is 404 g/mol. The summed E-state index contributed by atoms with van der Waals surface area (Å²) >= 11 is 0. The second-order valence-corrected chi connectivity index (χ2v) is 4.72. The maximum absolute atomic E-state index is 5.77. The second kappa shape index (κ2) is 5.91. The minimum Gasteiger partial charge on any atom is -0.554 e. The molecule has 2 nitrogen and oxygen atoms in total. The Morgan fingerprint density at radius 1 is 1.12 bits per heavy atom. The van der Waals surface area contributed by atoms with E-state index in [1.54, 1.807) is 7.11 Å². The van der Waals surface area contributed by atoms with Crippen LogP contribution in [-0.2, 0) is 21.1 Å². The van der Waals surface area contributed by atoms with Crippen LogP contribution in [0.3, 0.4) is 0 Å². The topological polar surface area (TPSA) is 18.5 Å². The smallest absolute Gasteiger partial charge is 0.554 e. The summed E-state index contributed by atoms with van der Waals surface area (Å²) in [5.41, 5.74) is 2.66. The Balaban J connectivity index is 0.00000256. The summed E-state index contributed by atoms with van der Waals surface area (Å²) in [4.78, 5) is 0. The van der Waals surface area contributed by atoms with E-state index in [1.165, 1.54) is 0 Å². The number of methoxy groups -OCH3 is 1. The van der Waals surface area contributed by atoms with Crippen LogP contribution < -0.4 is 9.47 Å². The predicted octanol–water partition coefficient (Wildman–Crippen LogP) is 3.41. The van der Waals surface area contributed by atoms with E-state index in [1.807, 2.05) is 34.6 Å². The first-order chi connectivity index (χ1) is 7.26. The maximum atomic E-state index is 5.77. The van der Waals surface area contributed by atoms with E-state index in [9.17, 15) is 0 Å². The Morgan fingerprint density at radius 2 is 1.65 bits per heavy atom. The van der Waals surface area contributed by atoms with Crippen molar-refractivity contribution in [3.05, 3.63) is 29.7 Å². The zero-order chi connectivity index (χ0) is 12.5. The van der Waals surface area contributed by atoms with Gasteiger partial charge >= 0.3 is 21.1 Å². The molecule has 0 bridgehead atoms. The van der Waals surface area contributed by atoms with E-state index >= 15 is 0 Å². The fourth-order valence-corrected chi connectivity index (χ4v) is 1.63. The zero-order valence-electron chi connectivity index (χ0n) is 11.4. The Bertz CT molecular complexity index is 392. The van der Waals surface area contributed by atoms with Gasteiger partial charge in [-0.25, -0.2) is 0 Å². The van der Waals surface area contributed by atoms with Gasteiger partial charge in [0.25, 0.3) is 0 Å². The van der Waals surface area contributed by atoms with Gasteiger partial charge < -0.3 is 16.4 Å². The molecule has 1 aromatic carbocycles. The molecular weight excluding hydrogens is 384 g/mol. The monoisotopic (exact) mass is 404 g/mol. The van der Waals surface area contributed by atoms with E-state index in [0.29, 0.717) is 0 Å². The summed E-state index contributed by atoms with van der Waals surface area (Å²) in [6.07, 6.45) is 0. The number of rotatable bonds is 3. The minimum absolute atomic E-state index is 0. The van der Waals surface area contributed by atoms with Crippen molar-refractivity contribution in [1.82, 2.24) is 0 Å². The summed E-state index contributed by atoms with van der Waals surface area (Å²) in [5.74, 6) is 1.64. The van der Waals surface area contributed by atoms with Crippen LogP contribution in [-0.4, -0.2) is 12.7 Å². The normalized spacial score (nSPS) is 10.8. The fraction of sp³-hybridized carbons (Fsp3) is 0.500. The van der Waals surface area contributed by atoms with Gasteiger partial charge in [0.1, 0.15) is 0 Å². The molecule has 0 saturated heterocycles. The maximum Gasteiger partial charge on any atom is 2.00 e. The molecule has 17 heavy (non-hydrogen) atoms. The third-order valence-electron chi connectivity index (χ3n) is 2.47. The molecule has 3 heteroatoms. The van der Waals surface area contributed by atoms with E-state index in [4.69, 9.17) is 9.47 Å². The van der Waals surface area contributed by atoms with Crippen LogP contribution >= 0.6 is 0 Å². The second-order valence-electron chi connectivity index (χ2n) is 4.72. The van der Waals surface area contributed by atoms with Crippen molar-refractivity contribution >= 4 is 0 Å². The first kappa shape index (κ1) is 16.5. The molecule has 0 N–H and O–H groups in total. The quantitative estimate of drug-likeness (QED) is 0.720. The van der Waals surface area contributed by atoms with Crippen molar-refractivity contribution in [1.29, 1.82) is 0 Å². The molecule has 0 fully saturated rings. The number of aryl methyl sites for hydroxylation is 1. The van der Waals surface area contributed by atoms with Crippen molar-refractivity contribution < 1.29 is 30.5 Å². The van der Waals surface area contributed by atoms with Gasteiger partial charge in [0.05, 0.1) is 7.11 Å². The van der Waals surface area contributed by atoms with Crippen molar-refractivity contribution in [3.63, 3.8) is 0 Å². The molecule has 0 heterocycles. The van der Waals surface area contributed by atoms with Crippen LogP contribution in [0.15, 0.2) is 0 Å². The van der Waals surface area contributed by atoms with Crippen LogP contribution in [0.1, 0.15) is 30.5 Å². The Hall–Kier alpha value is -0.492. The van der Waals surface area contributed by atoms with Gasteiger partial charge in [0.2, 0.25) is 0 Å². The van der Waals surface area contributed by atoms with Crippen LogP contribution in [0.25, 0.3) is 0 Å². The molecule has 0 spiro atoms. The summed E-state index contributed by atoms with van der Waals surface area (Å²) in [6, 6.07) is 3.21. The Labute approximate surface area is 119 Å². The molecule has 0 saturated carbocycles. The van der Waals surface area contributed by atoms with Gasteiger partial charge in [0.15, 0.2) is 0 Å². The van der Waals surface area contributed by atoms with Crippen molar-refractivity contribution in [2.24, 2.45) is 0 Å². The standard InChI is InChI=1S/C14H20O2.W/c1-9-8-12(16-14(4,5)6)10(2)11(3)13(9)15-7;/h4H2,1-3,5-7H3;/q-2;+2. The largest absolute Gasteiger partial charge is 2.00 e. The number of hydrogen-bond donors (Lipinski definition) is 0. The molecule has 1 rings (SSSR count). The predicted molar refractivity (Wildman–Crippen MR) is 66.1 cm³/mol. The SMILES string of the molecule is [CH2-]C(C)(C)Oc1[c-]c(C)c(OC)c(C)c1C.[W+2]. The summed E-state index contributed by atoms with van der Waals surface area (Å²) in [5, 5.41) is 0. The molecule has 0 atom stereocenters. The van der Waals surface area contributed by atoms with Gasteiger partial charge in [-0.15, -0.1) is 22.8 Å². The molecule has 94 valence electrons. The molecule has 1 aromatic rings. The number of benzene rings is 1. The molecule has 0 aliphatic heterocycles. The van der Waals surface area contributed by atoms with Crippen molar-refractivity contribution in [3.8, 4) is 11.5 Å². The van der Waals surface area contributed by atoms with Crippen LogP contribution in [0, 0.1) is 33.8 Å². The average Bonchev–Trinajstić information content (AvgIpc) is 2.12. The Kier molecular flexibility index (Phi) is 5.74.